The van der Waals surface area contributed by atoms with E-state index in [9.17, 15) is 0 Å². The van der Waals surface area contributed by atoms with Crippen molar-refractivity contribution in [1.29, 1.82) is 0 Å². The molecule has 0 aliphatic heterocycles. The van der Waals surface area contributed by atoms with Crippen LogP contribution in [-0.4, -0.2) is 50.4 Å². The lowest BCUT2D eigenvalue weighted by atomic mass is 10.2. The van der Waals surface area contributed by atoms with Crippen molar-refractivity contribution in [2.24, 2.45) is 0 Å². The molecule has 29 heavy (non-hydrogen) atoms. The van der Waals surface area contributed by atoms with Gasteiger partial charge in [0, 0.05) is 36.9 Å². The second-order valence-corrected chi connectivity index (χ2v) is 5.41. The van der Waals surface area contributed by atoms with E-state index in [2.05, 4.69) is 30.7 Å². The number of nitrogens with zero attached hydrogens (tertiary/aromatic N) is 2. The number of methoxy groups -OCH3 is 2. The topological polar surface area (TPSA) is 74.7 Å². The molecule has 1 N–H and O–H groups in total. The number of benzene rings is 2. The van der Waals surface area contributed by atoms with Crippen molar-refractivity contribution in [3.05, 3.63) is 48.3 Å². The Morgan fingerprint density at radius 1 is 1.00 bits per heavy atom. The normalized spacial score (nSPS) is 16.6. The van der Waals surface area contributed by atoms with E-state index in [0.717, 1.165) is 14.2 Å². The summed E-state index contributed by atoms with van der Waals surface area (Å²) in [5.74, 6) is 1.79. The van der Waals surface area contributed by atoms with E-state index < -0.39 is 37.7 Å². The Hall–Kier alpha value is -3.34. The molecule has 0 fully saturated rings. The molecule has 3 rings (SSSR count). The lowest BCUT2D eigenvalue weighted by Crippen LogP contribution is -2.09. The van der Waals surface area contributed by atoms with Crippen molar-refractivity contribution < 1.29 is 29.9 Å². The standard InChI is InChI=1S/C22H23N3O4/c1-4-16-6-5-7-17(12-16)25-22-18-13-20(28-10-8-26-2)21(29-11-9-27-3)14-19(18)23-15-24-22/h1,5-7,12-15H,8-11H2,2-3H3,(H,23,24,25)/i8D2,9D2,10D2,11D2. The maximum absolute atomic E-state index is 8.07. The molecule has 0 aliphatic carbocycles. The van der Waals surface area contributed by atoms with Gasteiger partial charge in [0.15, 0.2) is 11.5 Å². The summed E-state index contributed by atoms with van der Waals surface area (Å²) in [7, 11) is 1.90. The molecule has 150 valence electrons. The Bertz CT molecular complexity index is 1330. The number of rotatable bonds is 10. The van der Waals surface area contributed by atoms with Gasteiger partial charge in [-0.2, -0.15) is 0 Å². The van der Waals surface area contributed by atoms with Crippen molar-refractivity contribution in [2.75, 3.05) is 45.8 Å². The third-order valence-corrected chi connectivity index (χ3v) is 3.60. The minimum atomic E-state index is -3.09. The lowest BCUT2D eigenvalue weighted by molar-refractivity contribution is 0.132. The first-order chi connectivity index (χ1) is 17.2. The highest BCUT2D eigenvalue weighted by Crippen LogP contribution is 2.35. The summed E-state index contributed by atoms with van der Waals surface area (Å²) in [4.78, 5) is 8.33. The van der Waals surface area contributed by atoms with E-state index in [1.165, 1.54) is 18.5 Å². The molecule has 0 spiro atoms. The van der Waals surface area contributed by atoms with Gasteiger partial charge in [0.25, 0.3) is 0 Å². The van der Waals surface area contributed by atoms with Gasteiger partial charge in [-0.15, -0.1) is 6.42 Å². The largest absolute Gasteiger partial charge is 0.487 e. The zero-order valence-electron chi connectivity index (χ0n) is 23.6. The molecular formula is C22H23N3O4. The third kappa shape index (κ3) is 5.35. The van der Waals surface area contributed by atoms with E-state index in [1.807, 2.05) is 0 Å². The molecule has 0 amide bonds. The van der Waals surface area contributed by atoms with Crippen LogP contribution in [0.5, 0.6) is 11.5 Å². The summed E-state index contributed by atoms with van der Waals surface area (Å²) in [6.07, 6.45) is 6.67. The molecule has 7 nitrogen and oxygen atoms in total. The predicted molar refractivity (Wildman–Crippen MR) is 112 cm³/mol. The average molecular weight is 401 g/mol. The van der Waals surface area contributed by atoms with Crippen LogP contribution in [0.2, 0.25) is 0 Å². The zero-order chi connectivity index (χ0) is 27.6. The van der Waals surface area contributed by atoms with Crippen LogP contribution in [0.3, 0.4) is 0 Å². The molecule has 0 atom stereocenters. The molecule has 3 aromatic rings. The summed E-state index contributed by atoms with van der Waals surface area (Å²) in [5.41, 5.74) is 1.37. The van der Waals surface area contributed by atoms with Gasteiger partial charge >= 0.3 is 0 Å². The van der Waals surface area contributed by atoms with Gasteiger partial charge < -0.3 is 24.3 Å². The molecule has 0 bridgehead atoms. The van der Waals surface area contributed by atoms with Crippen LogP contribution in [0.25, 0.3) is 10.9 Å². The number of terminal acetylenes is 1. The van der Waals surface area contributed by atoms with E-state index >= 15 is 0 Å². The maximum atomic E-state index is 8.07. The van der Waals surface area contributed by atoms with Gasteiger partial charge in [0.2, 0.25) is 0 Å². The first kappa shape index (κ1) is 12.3. The van der Waals surface area contributed by atoms with Crippen molar-refractivity contribution in [3.8, 4) is 23.8 Å². The molecule has 0 radical (unpaired) electrons. The molecular weight excluding hydrogens is 370 g/mol. The second-order valence-electron chi connectivity index (χ2n) is 5.41. The fourth-order valence-electron chi connectivity index (χ4n) is 2.38. The Kier molecular flexibility index (Phi) is 4.35. The van der Waals surface area contributed by atoms with Gasteiger partial charge in [-0.05, 0) is 24.3 Å². The average Bonchev–Trinajstić information content (AvgIpc) is 2.84. The predicted octanol–water partition coefficient (Wildman–Crippen LogP) is 3.41. The number of hydrogen-bond donors (Lipinski definition) is 1. The molecule has 0 saturated carbocycles. The Morgan fingerprint density at radius 2 is 1.72 bits per heavy atom. The number of aromatic nitrogens is 2. The van der Waals surface area contributed by atoms with Crippen LogP contribution >= 0.6 is 0 Å². The summed E-state index contributed by atoms with van der Waals surface area (Å²) < 4.78 is 83.0. The van der Waals surface area contributed by atoms with Crippen molar-refractivity contribution in [1.82, 2.24) is 9.97 Å². The fourth-order valence-corrected chi connectivity index (χ4v) is 2.38. The fraction of sp³-hybridized carbons (Fsp3) is 0.273. The van der Waals surface area contributed by atoms with E-state index in [0.29, 0.717) is 11.3 Å². The quantitative estimate of drug-likeness (QED) is 0.522. The lowest BCUT2D eigenvalue weighted by Gasteiger charge is -2.15. The Balaban J connectivity index is 2.17. The van der Waals surface area contributed by atoms with Gasteiger partial charge in [0.05, 0.1) is 29.6 Å². The maximum Gasteiger partial charge on any atom is 0.163 e. The number of fused-ring (bicyclic) bond motifs is 1. The number of ether oxygens (including phenoxy) is 4. The van der Waals surface area contributed by atoms with Crippen molar-refractivity contribution in [2.45, 2.75) is 0 Å². The highest BCUT2D eigenvalue weighted by Gasteiger charge is 2.13. The highest BCUT2D eigenvalue weighted by atomic mass is 16.5. The van der Waals surface area contributed by atoms with Crippen LogP contribution in [0.1, 0.15) is 16.5 Å². The SMILES string of the molecule is [2H]C([2H])(OC)C([2H])([2H])Oc1cc2ncnc(Nc3cccc(C#C)c3)c2cc1OC([2H])([2H])C([2H])([2H])OC. The highest BCUT2D eigenvalue weighted by molar-refractivity contribution is 5.93. The van der Waals surface area contributed by atoms with Gasteiger partial charge in [0.1, 0.15) is 25.3 Å². The van der Waals surface area contributed by atoms with E-state index in [-0.39, 0.29) is 16.7 Å². The summed E-state index contributed by atoms with van der Waals surface area (Å²) in [6, 6.07) is 9.27. The molecule has 7 heteroatoms. The Morgan fingerprint density at radius 3 is 2.41 bits per heavy atom. The smallest absolute Gasteiger partial charge is 0.163 e. The second kappa shape index (κ2) is 10.3. The van der Waals surface area contributed by atoms with Gasteiger partial charge in [-0.3, -0.25) is 0 Å². The minimum Gasteiger partial charge on any atom is -0.487 e. The molecule has 1 heterocycles. The van der Waals surface area contributed by atoms with Gasteiger partial charge in [-0.25, -0.2) is 9.97 Å². The minimum absolute atomic E-state index is 0.192. The third-order valence-electron chi connectivity index (χ3n) is 3.60. The molecule has 0 aliphatic rings. The first-order valence-electron chi connectivity index (χ1n) is 12.3. The summed E-state index contributed by atoms with van der Waals surface area (Å²) >= 11 is 0. The molecule has 2 aromatic carbocycles. The monoisotopic (exact) mass is 401 g/mol. The van der Waals surface area contributed by atoms with Crippen molar-refractivity contribution in [3.63, 3.8) is 0 Å². The Labute approximate surface area is 181 Å². The van der Waals surface area contributed by atoms with Crippen LogP contribution in [-0.2, 0) is 9.47 Å². The first-order valence-corrected chi connectivity index (χ1v) is 8.27. The zero-order valence-corrected chi connectivity index (χ0v) is 15.6. The number of nitrogens with one attached hydrogen (secondary N) is 1. The molecule has 0 unspecified atom stereocenters. The molecule has 0 saturated heterocycles. The number of anilines is 2. The van der Waals surface area contributed by atoms with Crippen LogP contribution < -0.4 is 14.8 Å². The van der Waals surface area contributed by atoms with E-state index in [4.69, 9.17) is 26.9 Å². The van der Waals surface area contributed by atoms with Gasteiger partial charge in [-0.1, -0.05) is 12.0 Å². The molecule has 1 aromatic heterocycles. The van der Waals surface area contributed by atoms with Crippen LogP contribution in [0.4, 0.5) is 11.5 Å². The van der Waals surface area contributed by atoms with Crippen LogP contribution in [0.15, 0.2) is 42.7 Å². The summed E-state index contributed by atoms with van der Waals surface area (Å²) in [6.45, 7) is -12.0. The van der Waals surface area contributed by atoms with Crippen molar-refractivity contribution >= 4 is 22.4 Å². The summed E-state index contributed by atoms with van der Waals surface area (Å²) in [5, 5.41) is 3.33. The van der Waals surface area contributed by atoms with Crippen LogP contribution in [0, 0.1) is 12.3 Å². The van der Waals surface area contributed by atoms with E-state index in [1.54, 1.807) is 24.3 Å². The number of hydrogen-bond acceptors (Lipinski definition) is 7.